The highest BCUT2D eigenvalue weighted by molar-refractivity contribution is 7.91. The molecule has 4 rings (SSSR count). The molecule has 3 aromatic rings. The van der Waals surface area contributed by atoms with Gasteiger partial charge >= 0.3 is 0 Å². The number of nitrogens with zero attached hydrogens (tertiary/aromatic N) is 1. The summed E-state index contributed by atoms with van der Waals surface area (Å²) in [5, 5.41) is 0.352. The summed E-state index contributed by atoms with van der Waals surface area (Å²) in [5.41, 5.74) is 1.72. The summed E-state index contributed by atoms with van der Waals surface area (Å²) >= 11 is 7.20. The van der Waals surface area contributed by atoms with Gasteiger partial charge in [0.15, 0.2) is 9.84 Å². The molecule has 1 aliphatic heterocycles. The Bertz CT molecular complexity index is 1170. The van der Waals surface area contributed by atoms with Crippen molar-refractivity contribution < 1.29 is 17.6 Å². The predicted octanol–water partition coefficient (Wildman–Crippen LogP) is 4.77. The van der Waals surface area contributed by atoms with Crippen molar-refractivity contribution in [2.45, 2.75) is 10.6 Å². The van der Waals surface area contributed by atoms with E-state index >= 15 is 0 Å². The number of benzene rings is 2. The molecule has 0 bridgehead atoms. The number of carbonyl (C=O) groups excluding carboxylic acids is 1. The Hall–Kier alpha value is -2.22. The highest BCUT2D eigenvalue weighted by Crippen LogP contribution is 2.44. The summed E-state index contributed by atoms with van der Waals surface area (Å²) in [6.07, 6.45) is 0. The van der Waals surface area contributed by atoms with E-state index in [4.69, 9.17) is 11.6 Å². The molecule has 1 aromatic heterocycles. The quantitative estimate of drug-likeness (QED) is 0.598. The topological polar surface area (TPSA) is 54.5 Å². The second-order valence-electron chi connectivity index (χ2n) is 6.21. The van der Waals surface area contributed by atoms with Gasteiger partial charge in [0.2, 0.25) is 0 Å². The van der Waals surface area contributed by atoms with Crippen LogP contribution in [0, 0.1) is 5.82 Å². The number of rotatable bonds is 2. The molecule has 27 heavy (non-hydrogen) atoms. The summed E-state index contributed by atoms with van der Waals surface area (Å²) in [6, 6.07) is 12.0. The highest BCUT2D eigenvalue weighted by Gasteiger charge is 2.31. The maximum Gasteiger partial charge on any atom is 0.268 e. The second kappa shape index (κ2) is 6.44. The van der Waals surface area contributed by atoms with Crippen molar-refractivity contribution >= 4 is 44.4 Å². The Morgan fingerprint density at radius 3 is 2.56 bits per heavy atom. The third kappa shape index (κ3) is 3.16. The van der Waals surface area contributed by atoms with E-state index in [-0.39, 0.29) is 22.4 Å². The van der Waals surface area contributed by atoms with Crippen molar-refractivity contribution in [2.24, 2.45) is 0 Å². The molecule has 2 heterocycles. The lowest BCUT2D eigenvalue weighted by Crippen LogP contribution is -2.25. The summed E-state index contributed by atoms with van der Waals surface area (Å²) in [4.78, 5) is 15.6. The van der Waals surface area contributed by atoms with Gasteiger partial charge in [0.1, 0.15) is 5.82 Å². The molecule has 0 radical (unpaired) electrons. The van der Waals surface area contributed by atoms with Crippen LogP contribution in [0.1, 0.15) is 15.2 Å². The normalized spacial score (nSPS) is 14.3. The van der Waals surface area contributed by atoms with E-state index in [2.05, 4.69) is 0 Å². The van der Waals surface area contributed by atoms with Gasteiger partial charge in [-0.15, -0.1) is 11.3 Å². The number of hydrogen-bond acceptors (Lipinski definition) is 4. The molecule has 8 heteroatoms. The van der Waals surface area contributed by atoms with Crippen LogP contribution in [0.15, 0.2) is 53.4 Å². The summed E-state index contributed by atoms with van der Waals surface area (Å²) in [7, 11) is -1.92. The van der Waals surface area contributed by atoms with Crippen LogP contribution < -0.4 is 4.90 Å². The van der Waals surface area contributed by atoms with Gasteiger partial charge in [-0.1, -0.05) is 17.7 Å². The Morgan fingerprint density at radius 1 is 1.15 bits per heavy atom. The number of halogens is 2. The van der Waals surface area contributed by atoms with E-state index in [0.29, 0.717) is 26.7 Å². The van der Waals surface area contributed by atoms with E-state index in [1.165, 1.54) is 46.6 Å². The molecular weight excluding hydrogens is 409 g/mol. The molecular formula is C19H13ClFNO3S2. The lowest BCUT2D eigenvalue weighted by molar-refractivity contribution is 0.0996. The van der Waals surface area contributed by atoms with Crippen LogP contribution in [0.4, 0.5) is 10.1 Å². The molecule has 1 amide bonds. The molecule has 0 atom stereocenters. The molecule has 1 aliphatic rings. The summed E-state index contributed by atoms with van der Waals surface area (Å²) in [6.45, 7) is 0. The predicted molar refractivity (Wildman–Crippen MR) is 105 cm³/mol. The number of hydrogen-bond donors (Lipinski definition) is 0. The number of anilines is 1. The van der Waals surface area contributed by atoms with Gasteiger partial charge in [-0.05, 0) is 48.0 Å². The first kappa shape index (κ1) is 18.2. The van der Waals surface area contributed by atoms with E-state index in [1.807, 2.05) is 0 Å². The van der Waals surface area contributed by atoms with Gasteiger partial charge in [0, 0.05) is 28.2 Å². The van der Waals surface area contributed by atoms with Gasteiger partial charge in [-0.3, -0.25) is 4.79 Å². The van der Waals surface area contributed by atoms with E-state index < -0.39 is 9.84 Å². The largest absolute Gasteiger partial charge is 0.311 e. The van der Waals surface area contributed by atoms with Gasteiger partial charge in [-0.2, -0.15) is 0 Å². The third-order valence-electron chi connectivity index (χ3n) is 4.41. The third-order valence-corrected chi connectivity index (χ3v) is 7.54. The molecule has 0 unspecified atom stereocenters. The summed E-state index contributed by atoms with van der Waals surface area (Å²) in [5.74, 6) is -0.833. The fourth-order valence-corrected chi connectivity index (χ4v) is 6.23. The number of carbonyl (C=O) groups is 1. The Morgan fingerprint density at radius 2 is 1.85 bits per heavy atom. The van der Waals surface area contributed by atoms with Crippen LogP contribution in [0.3, 0.4) is 0 Å². The van der Waals surface area contributed by atoms with Crippen molar-refractivity contribution in [3.05, 3.63) is 69.8 Å². The monoisotopic (exact) mass is 421 g/mol. The fraction of sp³-hybridized carbons (Fsp3) is 0.105. The van der Waals surface area contributed by atoms with Crippen molar-refractivity contribution in [1.82, 2.24) is 0 Å². The summed E-state index contributed by atoms with van der Waals surface area (Å²) < 4.78 is 38.2. The van der Waals surface area contributed by atoms with E-state index in [0.717, 1.165) is 4.88 Å². The highest BCUT2D eigenvalue weighted by atomic mass is 35.5. The van der Waals surface area contributed by atoms with Crippen molar-refractivity contribution in [3.8, 4) is 10.4 Å². The molecule has 0 spiro atoms. The molecule has 138 valence electrons. The van der Waals surface area contributed by atoms with Crippen LogP contribution >= 0.6 is 22.9 Å². The zero-order valence-corrected chi connectivity index (χ0v) is 16.5. The fourth-order valence-electron chi connectivity index (χ4n) is 3.04. The Balaban J connectivity index is 1.76. The minimum Gasteiger partial charge on any atom is -0.311 e. The number of fused-ring (bicyclic) bond motifs is 3. The molecule has 0 saturated heterocycles. The Labute approximate surface area is 164 Å². The maximum absolute atomic E-state index is 13.1. The molecule has 0 fully saturated rings. The van der Waals surface area contributed by atoms with Crippen LogP contribution in [-0.4, -0.2) is 21.4 Å². The minimum absolute atomic E-state index is 0.167. The average Bonchev–Trinajstić information content (AvgIpc) is 3.04. The molecule has 2 aromatic carbocycles. The van der Waals surface area contributed by atoms with Crippen molar-refractivity contribution in [3.63, 3.8) is 0 Å². The molecule has 0 N–H and O–H groups in total. The molecule has 4 nitrogen and oxygen atoms in total. The number of amides is 1. The van der Waals surface area contributed by atoms with Gasteiger partial charge in [0.05, 0.1) is 15.5 Å². The Kier molecular flexibility index (Phi) is 4.33. The smallest absolute Gasteiger partial charge is 0.268 e. The SMILES string of the molecule is CN(C(=O)c1cc2c(s1)-c1ccc(Cl)cc1S(=O)(=O)C2)c1ccc(F)cc1. The maximum atomic E-state index is 13.1. The zero-order chi connectivity index (χ0) is 19.3. The number of sulfone groups is 1. The standard InChI is InChI=1S/C19H13ClFNO3S2/c1-22(14-5-3-13(21)4-6-14)19(23)16-8-11-10-27(24,25)17-9-12(20)2-7-15(17)18(11)26-16/h2-9H,10H2,1H3. The van der Waals surface area contributed by atoms with Gasteiger partial charge in [-0.25, -0.2) is 12.8 Å². The van der Waals surface area contributed by atoms with Crippen molar-refractivity contribution in [1.29, 1.82) is 0 Å². The first-order valence-electron chi connectivity index (χ1n) is 7.95. The van der Waals surface area contributed by atoms with Gasteiger partial charge < -0.3 is 4.90 Å². The molecule has 0 saturated carbocycles. The van der Waals surface area contributed by atoms with Crippen LogP contribution in [0.25, 0.3) is 10.4 Å². The first-order valence-corrected chi connectivity index (χ1v) is 10.8. The lowest BCUT2D eigenvalue weighted by atomic mass is 10.1. The van der Waals surface area contributed by atoms with Gasteiger partial charge in [0.25, 0.3) is 5.91 Å². The first-order chi connectivity index (χ1) is 12.8. The van der Waals surface area contributed by atoms with E-state index in [9.17, 15) is 17.6 Å². The zero-order valence-electron chi connectivity index (χ0n) is 14.1. The van der Waals surface area contributed by atoms with Crippen molar-refractivity contribution in [2.75, 3.05) is 11.9 Å². The van der Waals surface area contributed by atoms with Crippen LogP contribution in [-0.2, 0) is 15.6 Å². The second-order valence-corrected chi connectivity index (χ2v) is 9.65. The lowest BCUT2D eigenvalue weighted by Gasteiger charge is -2.16. The van der Waals surface area contributed by atoms with Crippen LogP contribution in [0.5, 0.6) is 0 Å². The van der Waals surface area contributed by atoms with Crippen LogP contribution in [0.2, 0.25) is 5.02 Å². The average molecular weight is 422 g/mol. The number of thiophene rings is 1. The van der Waals surface area contributed by atoms with E-state index in [1.54, 1.807) is 25.2 Å². The minimum atomic E-state index is -3.51. The molecule has 0 aliphatic carbocycles.